The summed E-state index contributed by atoms with van der Waals surface area (Å²) < 4.78 is 11.2. The number of nitrogens with one attached hydrogen (secondary N) is 1. The zero-order valence-electron chi connectivity index (χ0n) is 21.1. The van der Waals surface area contributed by atoms with Crippen molar-refractivity contribution in [3.63, 3.8) is 0 Å². The van der Waals surface area contributed by atoms with Crippen LogP contribution in [0.15, 0.2) is 89.8 Å². The van der Waals surface area contributed by atoms with E-state index in [4.69, 9.17) is 9.47 Å². The van der Waals surface area contributed by atoms with E-state index in [-0.39, 0.29) is 17.7 Å². The number of carbonyl (C=O) groups is 2. The number of benzene rings is 3. The molecule has 0 spiro atoms. The number of thiophene rings is 1. The first-order valence-electron chi connectivity index (χ1n) is 12.0. The molecule has 38 heavy (non-hydrogen) atoms. The number of aryl methyl sites for hydroxylation is 1. The summed E-state index contributed by atoms with van der Waals surface area (Å²) in [6.07, 6.45) is 1.48. The number of carbonyl (C=O) groups excluding carboxylic acids is 2. The highest BCUT2D eigenvalue weighted by Crippen LogP contribution is 2.36. The zero-order chi connectivity index (χ0) is 26.9. The van der Waals surface area contributed by atoms with Gasteiger partial charge < -0.3 is 14.8 Å². The third-order valence-electron chi connectivity index (χ3n) is 5.68. The van der Waals surface area contributed by atoms with Gasteiger partial charge in [-0.05, 0) is 37.1 Å². The topological polar surface area (TPSA) is 88.4 Å². The van der Waals surface area contributed by atoms with Gasteiger partial charge in [0.1, 0.15) is 34.6 Å². The van der Waals surface area contributed by atoms with Gasteiger partial charge in [0.05, 0.1) is 6.61 Å². The standard InChI is InChI=1S/C31H26N2O4S/c1-3-36-31(35)28-26(23-15-13-21(2)14-16-23)20-38-30(28)33-29(34)25(18-32)17-24-11-7-8-12-27(24)37-19-22-9-5-4-6-10-22/h4-17,20H,3,19H2,1-2H3,(H,33,34). The Hall–Kier alpha value is -4.67. The smallest absolute Gasteiger partial charge is 0.341 e. The molecule has 0 unspecified atom stereocenters. The van der Waals surface area contributed by atoms with Crippen LogP contribution in [0.1, 0.15) is 34.0 Å². The van der Waals surface area contributed by atoms with Crippen LogP contribution in [0.3, 0.4) is 0 Å². The van der Waals surface area contributed by atoms with E-state index in [9.17, 15) is 14.9 Å². The molecule has 0 bridgehead atoms. The molecule has 190 valence electrons. The van der Waals surface area contributed by atoms with E-state index in [0.29, 0.717) is 28.5 Å². The predicted octanol–water partition coefficient (Wildman–Crippen LogP) is 7.02. The number of hydrogen-bond acceptors (Lipinski definition) is 6. The summed E-state index contributed by atoms with van der Waals surface area (Å²) in [5.74, 6) is -0.628. The van der Waals surface area contributed by atoms with Gasteiger partial charge in [-0.25, -0.2) is 4.79 Å². The van der Waals surface area contributed by atoms with E-state index >= 15 is 0 Å². The molecule has 3 aromatic carbocycles. The number of nitrogens with zero attached hydrogens (tertiary/aromatic N) is 1. The van der Waals surface area contributed by atoms with Crippen LogP contribution in [0.5, 0.6) is 5.75 Å². The van der Waals surface area contributed by atoms with Crippen molar-refractivity contribution < 1.29 is 19.1 Å². The highest BCUT2D eigenvalue weighted by Gasteiger charge is 2.24. The number of rotatable bonds is 9. The average Bonchev–Trinajstić information content (AvgIpc) is 3.35. The lowest BCUT2D eigenvalue weighted by atomic mass is 10.0. The van der Waals surface area contributed by atoms with E-state index in [1.807, 2.05) is 73.7 Å². The van der Waals surface area contributed by atoms with Crippen LogP contribution in [0, 0.1) is 18.3 Å². The average molecular weight is 523 g/mol. The van der Waals surface area contributed by atoms with Gasteiger partial charge in [-0.2, -0.15) is 5.26 Å². The maximum atomic E-state index is 13.2. The number of ether oxygens (including phenoxy) is 2. The van der Waals surface area contributed by atoms with Crippen molar-refractivity contribution in [2.45, 2.75) is 20.5 Å². The molecule has 0 saturated heterocycles. The lowest BCUT2D eigenvalue weighted by Crippen LogP contribution is -2.16. The summed E-state index contributed by atoms with van der Waals surface area (Å²) in [7, 11) is 0. The second kappa shape index (κ2) is 12.5. The molecule has 1 amide bonds. The van der Waals surface area contributed by atoms with Crippen LogP contribution in [-0.2, 0) is 16.1 Å². The number of hydrogen-bond donors (Lipinski definition) is 1. The van der Waals surface area contributed by atoms with Crippen molar-refractivity contribution in [1.82, 2.24) is 0 Å². The van der Waals surface area contributed by atoms with Crippen molar-refractivity contribution >= 4 is 34.3 Å². The van der Waals surface area contributed by atoms with Gasteiger partial charge in [-0.15, -0.1) is 11.3 Å². The van der Waals surface area contributed by atoms with E-state index < -0.39 is 11.9 Å². The molecule has 0 aliphatic heterocycles. The van der Waals surface area contributed by atoms with Gasteiger partial charge in [0.25, 0.3) is 5.91 Å². The molecule has 0 aliphatic rings. The summed E-state index contributed by atoms with van der Waals surface area (Å²) >= 11 is 1.21. The van der Waals surface area contributed by atoms with E-state index in [2.05, 4.69) is 5.32 Å². The predicted molar refractivity (Wildman–Crippen MR) is 150 cm³/mol. The van der Waals surface area contributed by atoms with Crippen molar-refractivity contribution in [1.29, 1.82) is 5.26 Å². The van der Waals surface area contributed by atoms with Gasteiger partial charge in [0, 0.05) is 16.5 Å². The van der Waals surface area contributed by atoms with Crippen molar-refractivity contribution in [3.05, 3.63) is 112 Å². The molecule has 0 aliphatic carbocycles. The summed E-state index contributed by atoms with van der Waals surface area (Å²) in [6, 6.07) is 26.6. The molecule has 0 radical (unpaired) electrons. The second-order valence-corrected chi connectivity index (χ2v) is 9.26. The van der Waals surface area contributed by atoms with Crippen LogP contribution in [0.2, 0.25) is 0 Å². The molecular formula is C31H26N2O4S. The lowest BCUT2D eigenvalue weighted by Gasteiger charge is -2.10. The molecule has 1 heterocycles. The van der Waals surface area contributed by atoms with Gasteiger partial charge in [0.15, 0.2) is 0 Å². The van der Waals surface area contributed by atoms with Crippen LogP contribution in [-0.4, -0.2) is 18.5 Å². The lowest BCUT2D eigenvalue weighted by molar-refractivity contribution is -0.112. The minimum Gasteiger partial charge on any atom is -0.488 e. The normalized spacial score (nSPS) is 10.9. The Morgan fingerprint density at radius 1 is 1.00 bits per heavy atom. The molecule has 4 aromatic rings. The minimum atomic E-state index is -0.631. The highest BCUT2D eigenvalue weighted by molar-refractivity contribution is 7.15. The molecule has 1 N–H and O–H groups in total. The molecule has 1 aromatic heterocycles. The third-order valence-corrected chi connectivity index (χ3v) is 6.58. The summed E-state index contributed by atoms with van der Waals surface area (Å²) in [6.45, 7) is 4.25. The van der Waals surface area contributed by atoms with E-state index in [1.54, 1.807) is 30.5 Å². The van der Waals surface area contributed by atoms with Crippen molar-refractivity contribution in [2.24, 2.45) is 0 Å². The van der Waals surface area contributed by atoms with Gasteiger partial charge in [-0.3, -0.25) is 4.79 Å². The molecule has 0 fully saturated rings. The SMILES string of the molecule is CCOC(=O)c1c(-c2ccc(C)cc2)csc1NC(=O)C(C#N)=Cc1ccccc1OCc1ccccc1. The monoisotopic (exact) mass is 522 g/mol. The Kier molecular flexibility index (Phi) is 8.70. The first kappa shape index (κ1) is 26.4. The summed E-state index contributed by atoms with van der Waals surface area (Å²) in [4.78, 5) is 26.0. The molecule has 0 saturated carbocycles. The Bertz CT molecular complexity index is 1500. The fourth-order valence-electron chi connectivity index (χ4n) is 3.74. The number of esters is 1. The molecule has 0 atom stereocenters. The number of anilines is 1. The molecule has 6 nitrogen and oxygen atoms in total. The first-order chi connectivity index (χ1) is 18.5. The fourth-order valence-corrected chi connectivity index (χ4v) is 4.69. The van der Waals surface area contributed by atoms with Crippen molar-refractivity contribution in [2.75, 3.05) is 11.9 Å². The Labute approximate surface area is 225 Å². The van der Waals surface area contributed by atoms with Crippen LogP contribution >= 0.6 is 11.3 Å². The third kappa shape index (κ3) is 6.36. The molecular weight excluding hydrogens is 496 g/mol. The number of amides is 1. The van der Waals surface area contributed by atoms with Crippen LogP contribution in [0.25, 0.3) is 17.2 Å². The Balaban J connectivity index is 1.60. The maximum Gasteiger partial charge on any atom is 0.341 e. The number of nitriles is 1. The van der Waals surface area contributed by atoms with Gasteiger partial charge >= 0.3 is 5.97 Å². The minimum absolute atomic E-state index is 0.124. The largest absolute Gasteiger partial charge is 0.488 e. The highest BCUT2D eigenvalue weighted by atomic mass is 32.1. The number of para-hydroxylation sites is 1. The first-order valence-corrected chi connectivity index (χ1v) is 12.9. The van der Waals surface area contributed by atoms with Gasteiger partial charge in [0.2, 0.25) is 0 Å². The summed E-state index contributed by atoms with van der Waals surface area (Å²) in [5, 5.41) is 14.7. The van der Waals surface area contributed by atoms with E-state index in [1.165, 1.54) is 17.4 Å². The van der Waals surface area contributed by atoms with Gasteiger partial charge in [-0.1, -0.05) is 78.4 Å². The molecule has 4 rings (SSSR count). The quantitative estimate of drug-likeness (QED) is 0.145. The Morgan fingerprint density at radius 3 is 2.42 bits per heavy atom. The zero-order valence-corrected chi connectivity index (χ0v) is 21.9. The van der Waals surface area contributed by atoms with E-state index in [0.717, 1.165) is 16.7 Å². The fraction of sp³-hybridized carbons (Fsp3) is 0.129. The summed E-state index contributed by atoms with van der Waals surface area (Å²) in [5.41, 5.74) is 4.30. The molecule has 7 heteroatoms. The Morgan fingerprint density at radius 2 is 1.71 bits per heavy atom. The second-order valence-electron chi connectivity index (χ2n) is 8.38. The maximum absolute atomic E-state index is 13.2. The van der Waals surface area contributed by atoms with Crippen LogP contribution < -0.4 is 10.1 Å². The van der Waals surface area contributed by atoms with Crippen molar-refractivity contribution in [3.8, 4) is 22.9 Å². The van der Waals surface area contributed by atoms with Crippen LogP contribution in [0.4, 0.5) is 5.00 Å².